The molecule has 2 N–H and O–H groups in total. The summed E-state index contributed by atoms with van der Waals surface area (Å²) in [6, 6.07) is 3.68. The van der Waals surface area contributed by atoms with Gasteiger partial charge in [0.25, 0.3) is 0 Å². The van der Waals surface area contributed by atoms with Crippen molar-refractivity contribution in [1.29, 1.82) is 0 Å². The first kappa shape index (κ1) is 12.5. The minimum absolute atomic E-state index is 0.0401. The Bertz CT molecular complexity index is 394. The summed E-state index contributed by atoms with van der Waals surface area (Å²) >= 11 is 3.28. The van der Waals surface area contributed by atoms with E-state index in [0.29, 0.717) is 29.9 Å². The Labute approximate surface area is 108 Å². The third kappa shape index (κ3) is 3.76. The number of aromatic nitrogens is 1. The fourth-order valence-electron chi connectivity index (χ4n) is 1.66. The Morgan fingerprint density at radius 2 is 2.59 bits per heavy atom. The Morgan fingerprint density at radius 1 is 1.71 bits per heavy atom. The summed E-state index contributed by atoms with van der Waals surface area (Å²) in [5.74, 6) is -0.0401. The molecule has 1 aromatic rings. The molecule has 1 aromatic heterocycles. The molecule has 1 fully saturated rings. The Hall–Kier alpha value is -0.980. The van der Waals surface area contributed by atoms with Gasteiger partial charge in [0, 0.05) is 25.2 Å². The Morgan fingerprint density at radius 3 is 3.29 bits per heavy atom. The van der Waals surface area contributed by atoms with Crippen LogP contribution in [0.5, 0.6) is 0 Å². The summed E-state index contributed by atoms with van der Waals surface area (Å²) in [6.45, 7) is 2.10. The highest BCUT2D eigenvalue weighted by atomic mass is 79.9. The van der Waals surface area contributed by atoms with Gasteiger partial charge < -0.3 is 15.4 Å². The van der Waals surface area contributed by atoms with E-state index in [4.69, 9.17) is 4.74 Å². The fourth-order valence-corrected chi connectivity index (χ4v) is 2.00. The number of carbonyl (C=O) groups is 1. The molecule has 92 valence electrons. The molecule has 0 bridgehead atoms. The highest BCUT2D eigenvalue weighted by Crippen LogP contribution is 2.18. The summed E-state index contributed by atoms with van der Waals surface area (Å²) in [5.41, 5.74) is 0.689. The number of carbonyl (C=O) groups excluding carboxylic acids is 1. The van der Waals surface area contributed by atoms with E-state index in [2.05, 4.69) is 31.5 Å². The van der Waals surface area contributed by atoms with Crippen LogP contribution in [0.4, 0.5) is 5.69 Å². The number of morpholine rings is 1. The maximum Gasteiger partial charge on any atom is 0.226 e. The molecule has 2 heterocycles. The Balaban J connectivity index is 1.86. The number of nitrogens with one attached hydrogen (secondary N) is 2. The second-order valence-corrected chi connectivity index (χ2v) is 4.57. The lowest BCUT2D eigenvalue weighted by Crippen LogP contribution is -2.43. The first-order valence-corrected chi connectivity index (χ1v) is 6.26. The van der Waals surface area contributed by atoms with Gasteiger partial charge in [0.2, 0.25) is 5.91 Å². The molecular formula is C11H14BrN3O2. The smallest absolute Gasteiger partial charge is 0.226 e. The number of amides is 1. The van der Waals surface area contributed by atoms with Crippen LogP contribution in [0.25, 0.3) is 0 Å². The summed E-state index contributed by atoms with van der Waals surface area (Å²) in [7, 11) is 0. The minimum atomic E-state index is -0.0401. The number of anilines is 1. The second kappa shape index (κ2) is 6.09. The van der Waals surface area contributed by atoms with Crippen LogP contribution in [-0.2, 0) is 9.53 Å². The number of ether oxygens (including phenoxy) is 1. The molecule has 6 heteroatoms. The standard InChI is InChI=1S/C11H14BrN3O2/c12-11-9(2-1-3-14-11)15-10(16)6-8-7-17-5-4-13-8/h1-3,8,13H,4-7H2,(H,15,16). The van der Waals surface area contributed by atoms with Gasteiger partial charge in [-0.25, -0.2) is 4.98 Å². The lowest BCUT2D eigenvalue weighted by atomic mass is 10.2. The highest BCUT2D eigenvalue weighted by Gasteiger charge is 2.17. The van der Waals surface area contributed by atoms with Crippen molar-refractivity contribution >= 4 is 27.5 Å². The van der Waals surface area contributed by atoms with Crippen LogP contribution in [0.1, 0.15) is 6.42 Å². The van der Waals surface area contributed by atoms with Gasteiger partial charge in [-0.3, -0.25) is 4.79 Å². The average Bonchev–Trinajstić information content (AvgIpc) is 2.33. The monoisotopic (exact) mass is 299 g/mol. The number of pyridine rings is 1. The van der Waals surface area contributed by atoms with Crippen LogP contribution in [0.15, 0.2) is 22.9 Å². The summed E-state index contributed by atoms with van der Waals surface area (Å²) < 4.78 is 5.93. The van der Waals surface area contributed by atoms with Gasteiger partial charge in [0.1, 0.15) is 4.60 Å². The van der Waals surface area contributed by atoms with E-state index in [0.717, 1.165) is 6.54 Å². The summed E-state index contributed by atoms with van der Waals surface area (Å²) in [6.07, 6.45) is 2.07. The van der Waals surface area contributed by atoms with Crippen LogP contribution < -0.4 is 10.6 Å². The summed E-state index contributed by atoms with van der Waals surface area (Å²) in [4.78, 5) is 15.8. The van der Waals surface area contributed by atoms with Crippen molar-refractivity contribution in [2.45, 2.75) is 12.5 Å². The molecule has 1 atom stereocenters. The van der Waals surface area contributed by atoms with Crippen molar-refractivity contribution in [3.05, 3.63) is 22.9 Å². The largest absolute Gasteiger partial charge is 0.378 e. The molecule has 2 rings (SSSR count). The molecule has 0 radical (unpaired) electrons. The molecule has 0 saturated carbocycles. The van der Waals surface area contributed by atoms with Crippen molar-refractivity contribution in [2.24, 2.45) is 0 Å². The van der Waals surface area contributed by atoms with Crippen LogP contribution in [-0.4, -0.2) is 36.7 Å². The quantitative estimate of drug-likeness (QED) is 0.822. The van der Waals surface area contributed by atoms with Crippen molar-refractivity contribution in [3.8, 4) is 0 Å². The number of hydrogen-bond acceptors (Lipinski definition) is 4. The first-order chi connectivity index (χ1) is 8.25. The topological polar surface area (TPSA) is 63.2 Å². The molecule has 17 heavy (non-hydrogen) atoms. The third-order valence-electron chi connectivity index (χ3n) is 2.46. The molecular weight excluding hydrogens is 286 g/mol. The van der Waals surface area contributed by atoms with Crippen molar-refractivity contribution in [2.75, 3.05) is 25.1 Å². The maximum atomic E-state index is 11.8. The molecule has 1 amide bonds. The van der Waals surface area contributed by atoms with Gasteiger partial charge in [0.15, 0.2) is 0 Å². The molecule has 5 nitrogen and oxygen atoms in total. The van der Waals surface area contributed by atoms with Gasteiger partial charge in [0.05, 0.1) is 18.9 Å². The van der Waals surface area contributed by atoms with Gasteiger partial charge in [-0.2, -0.15) is 0 Å². The highest BCUT2D eigenvalue weighted by molar-refractivity contribution is 9.10. The van der Waals surface area contributed by atoms with Gasteiger partial charge in [-0.15, -0.1) is 0 Å². The van der Waals surface area contributed by atoms with E-state index in [1.165, 1.54) is 0 Å². The Kier molecular flexibility index (Phi) is 4.47. The van der Waals surface area contributed by atoms with Crippen molar-refractivity contribution in [3.63, 3.8) is 0 Å². The van der Waals surface area contributed by atoms with Gasteiger partial charge in [-0.1, -0.05) is 0 Å². The molecule has 0 aromatic carbocycles. The fraction of sp³-hybridized carbons (Fsp3) is 0.455. The molecule has 1 aliphatic rings. The second-order valence-electron chi connectivity index (χ2n) is 3.82. The third-order valence-corrected chi connectivity index (χ3v) is 3.10. The van der Waals surface area contributed by atoms with Crippen LogP contribution in [0.3, 0.4) is 0 Å². The molecule has 1 unspecified atom stereocenters. The van der Waals surface area contributed by atoms with Crippen molar-refractivity contribution < 1.29 is 9.53 Å². The van der Waals surface area contributed by atoms with E-state index in [-0.39, 0.29) is 11.9 Å². The van der Waals surface area contributed by atoms with Crippen LogP contribution >= 0.6 is 15.9 Å². The SMILES string of the molecule is O=C(CC1COCCN1)Nc1cccnc1Br. The van der Waals surface area contributed by atoms with E-state index >= 15 is 0 Å². The van der Waals surface area contributed by atoms with E-state index in [1.807, 2.05) is 0 Å². The lowest BCUT2D eigenvalue weighted by molar-refractivity contribution is -0.117. The molecule has 1 aliphatic heterocycles. The molecule has 0 spiro atoms. The molecule has 0 aliphatic carbocycles. The minimum Gasteiger partial charge on any atom is -0.378 e. The number of nitrogens with zero attached hydrogens (tertiary/aromatic N) is 1. The average molecular weight is 300 g/mol. The number of rotatable bonds is 3. The number of halogens is 1. The van der Waals surface area contributed by atoms with Gasteiger partial charge >= 0.3 is 0 Å². The van der Waals surface area contributed by atoms with Crippen LogP contribution in [0, 0.1) is 0 Å². The number of hydrogen-bond donors (Lipinski definition) is 2. The lowest BCUT2D eigenvalue weighted by Gasteiger charge is -2.23. The van der Waals surface area contributed by atoms with E-state index in [1.54, 1.807) is 18.3 Å². The van der Waals surface area contributed by atoms with E-state index < -0.39 is 0 Å². The normalized spacial score (nSPS) is 19.9. The zero-order chi connectivity index (χ0) is 12.1. The van der Waals surface area contributed by atoms with Gasteiger partial charge in [-0.05, 0) is 28.1 Å². The zero-order valence-electron chi connectivity index (χ0n) is 9.28. The molecule has 1 saturated heterocycles. The van der Waals surface area contributed by atoms with Crippen molar-refractivity contribution in [1.82, 2.24) is 10.3 Å². The maximum absolute atomic E-state index is 11.8. The summed E-state index contributed by atoms with van der Waals surface area (Å²) in [5, 5.41) is 6.05. The predicted molar refractivity (Wildman–Crippen MR) is 67.8 cm³/mol. The zero-order valence-corrected chi connectivity index (χ0v) is 10.9. The van der Waals surface area contributed by atoms with E-state index in [9.17, 15) is 4.79 Å². The van der Waals surface area contributed by atoms with Crippen LogP contribution in [0.2, 0.25) is 0 Å². The first-order valence-electron chi connectivity index (χ1n) is 5.47. The predicted octanol–water partition coefficient (Wildman–Crippen LogP) is 1.16.